The molecule has 0 radical (unpaired) electrons. The Labute approximate surface area is 102 Å². The van der Waals surface area contributed by atoms with Gasteiger partial charge in [0.05, 0.1) is 18.5 Å². The molecule has 96 valence electrons. The smallest absolute Gasteiger partial charge is 0.167 e. The molecule has 17 heavy (non-hydrogen) atoms. The van der Waals surface area contributed by atoms with Crippen LogP contribution in [0.5, 0.6) is 5.75 Å². The molecule has 0 aliphatic carbocycles. The second-order valence-corrected chi connectivity index (χ2v) is 4.03. The zero-order valence-electron chi connectivity index (χ0n) is 10.8. The number of nitrogens with two attached hydrogens (primary N) is 1. The first-order valence-corrected chi connectivity index (χ1v) is 6.02. The molecule has 3 nitrogen and oxygen atoms in total. The molecule has 0 amide bonds. The van der Waals surface area contributed by atoms with Gasteiger partial charge in [0.15, 0.2) is 11.6 Å². The number of halogens is 1. The van der Waals surface area contributed by atoms with Crippen LogP contribution in [0.4, 0.5) is 15.8 Å². The summed E-state index contributed by atoms with van der Waals surface area (Å²) in [7, 11) is 1.46. The molecule has 1 aromatic rings. The second kappa shape index (κ2) is 6.33. The van der Waals surface area contributed by atoms with E-state index in [4.69, 9.17) is 10.5 Å². The van der Waals surface area contributed by atoms with E-state index in [9.17, 15) is 4.39 Å². The van der Waals surface area contributed by atoms with Gasteiger partial charge in [0, 0.05) is 25.2 Å². The number of hydrogen-bond donors (Lipinski definition) is 1. The quantitative estimate of drug-likeness (QED) is 0.777. The minimum absolute atomic E-state index is 0.242. The zero-order chi connectivity index (χ0) is 12.8. The van der Waals surface area contributed by atoms with Gasteiger partial charge in [-0.3, -0.25) is 0 Å². The van der Waals surface area contributed by atoms with Crippen LogP contribution in [0.15, 0.2) is 12.1 Å². The van der Waals surface area contributed by atoms with Gasteiger partial charge < -0.3 is 15.4 Å². The summed E-state index contributed by atoms with van der Waals surface area (Å²) < 4.78 is 18.4. The molecule has 1 aromatic carbocycles. The maximum atomic E-state index is 13.4. The fourth-order valence-electron chi connectivity index (χ4n) is 1.88. The van der Waals surface area contributed by atoms with Crippen molar-refractivity contribution >= 4 is 11.4 Å². The van der Waals surface area contributed by atoms with Gasteiger partial charge in [-0.05, 0) is 12.8 Å². The van der Waals surface area contributed by atoms with Crippen molar-refractivity contribution in [1.82, 2.24) is 0 Å². The number of nitrogen functional groups attached to an aromatic ring is 1. The third-order valence-corrected chi connectivity index (χ3v) is 2.63. The maximum Gasteiger partial charge on any atom is 0.167 e. The number of rotatable bonds is 6. The Bertz CT molecular complexity index is 363. The van der Waals surface area contributed by atoms with Crippen LogP contribution in [-0.4, -0.2) is 20.2 Å². The van der Waals surface area contributed by atoms with Crippen LogP contribution in [-0.2, 0) is 0 Å². The highest BCUT2D eigenvalue weighted by Crippen LogP contribution is 2.31. The van der Waals surface area contributed by atoms with Crippen LogP contribution < -0.4 is 15.4 Å². The molecule has 0 atom stereocenters. The van der Waals surface area contributed by atoms with Crippen molar-refractivity contribution in [3.8, 4) is 5.75 Å². The standard InChI is InChI=1S/C13H21FN2O/c1-4-6-16(7-5-2)12-9-13(17-3)10(14)8-11(12)15/h8-9H,4-7,15H2,1-3H3. The Morgan fingerprint density at radius 1 is 1.24 bits per heavy atom. The van der Waals surface area contributed by atoms with Crippen molar-refractivity contribution in [2.24, 2.45) is 0 Å². The van der Waals surface area contributed by atoms with Gasteiger partial charge in [0.1, 0.15) is 0 Å². The predicted octanol–water partition coefficient (Wildman–Crippen LogP) is 3.04. The molecule has 1 rings (SSSR count). The zero-order valence-corrected chi connectivity index (χ0v) is 10.8. The molecule has 0 spiro atoms. The highest BCUT2D eigenvalue weighted by atomic mass is 19.1. The van der Waals surface area contributed by atoms with E-state index in [0.717, 1.165) is 31.6 Å². The topological polar surface area (TPSA) is 38.5 Å². The minimum Gasteiger partial charge on any atom is -0.494 e. The summed E-state index contributed by atoms with van der Waals surface area (Å²) in [6, 6.07) is 3.00. The third kappa shape index (κ3) is 3.25. The lowest BCUT2D eigenvalue weighted by Gasteiger charge is -2.25. The van der Waals surface area contributed by atoms with Gasteiger partial charge in [-0.15, -0.1) is 0 Å². The fourth-order valence-corrected chi connectivity index (χ4v) is 1.88. The molecule has 0 saturated heterocycles. The molecular formula is C13H21FN2O. The van der Waals surface area contributed by atoms with Crippen LogP contribution >= 0.6 is 0 Å². The fraction of sp³-hybridized carbons (Fsp3) is 0.538. The maximum absolute atomic E-state index is 13.4. The van der Waals surface area contributed by atoms with Crippen molar-refractivity contribution in [2.45, 2.75) is 26.7 Å². The lowest BCUT2D eigenvalue weighted by molar-refractivity contribution is 0.386. The Balaban J connectivity index is 3.08. The number of anilines is 2. The molecule has 4 heteroatoms. The Kier molecular flexibility index (Phi) is 5.07. The van der Waals surface area contributed by atoms with Gasteiger partial charge in [0.25, 0.3) is 0 Å². The molecule has 0 aromatic heterocycles. The van der Waals surface area contributed by atoms with Crippen molar-refractivity contribution in [2.75, 3.05) is 30.8 Å². The van der Waals surface area contributed by atoms with Crippen LogP contribution in [0.1, 0.15) is 26.7 Å². The summed E-state index contributed by atoms with van der Waals surface area (Å²) in [5.74, 6) is -0.173. The largest absolute Gasteiger partial charge is 0.494 e. The Morgan fingerprint density at radius 2 is 1.82 bits per heavy atom. The Hall–Kier alpha value is -1.45. The first kappa shape index (κ1) is 13.6. The van der Waals surface area contributed by atoms with E-state index in [-0.39, 0.29) is 5.75 Å². The monoisotopic (exact) mass is 240 g/mol. The average Bonchev–Trinajstić information content (AvgIpc) is 2.29. The average molecular weight is 240 g/mol. The van der Waals surface area contributed by atoms with E-state index < -0.39 is 5.82 Å². The molecule has 0 bridgehead atoms. The molecule has 0 saturated carbocycles. The van der Waals surface area contributed by atoms with Gasteiger partial charge in [-0.2, -0.15) is 0 Å². The van der Waals surface area contributed by atoms with Gasteiger partial charge in [0.2, 0.25) is 0 Å². The van der Waals surface area contributed by atoms with Crippen molar-refractivity contribution in [3.05, 3.63) is 17.9 Å². The lowest BCUT2D eigenvalue weighted by Crippen LogP contribution is -2.25. The van der Waals surface area contributed by atoms with Crippen molar-refractivity contribution in [3.63, 3.8) is 0 Å². The van der Waals surface area contributed by atoms with E-state index in [1.807, 2.05) is 0 Å². The first-order chi connectivity index (χ1) is 8.13. The minimum atomic E-state index is -0.415. The van der Waals surface area contributed by atoms with E-state index in [0.29, 0.717) is 5.69 Å². The summed E-state index contributed by atoms with van der Waals surface area (Å²) in [5, 5.41) is 0. The molecule has 0 aliphatic heterocycles. The summed E-state index contributed by atoms with van der Waals surface area (Å²) in [4.78, 5) is 2.16. The lowest BCUT2D eigenvalue weighted by atomic mass is 10.2. The van der Waals surface area contributed by atoms with Crippen LogP contribution in [0.3, 0.4) is 0 Å². The van der Waals surface area contributed by atoms with E-state index in [1.54, 1.807) is 6.07 Å². The summed E-state index contributed by atoms with van der Waals surface area (Å²) in [6.07, 6.45) is 2.05. The normalized spacial score (nSPS) is 10.4. The SMILES string of the molecule is CCCN(CCC)c1cc(OC)c(F)cc1N. The molecule has 2 N–H and O–H groups in total. The summed E-state index contributed by atoms with van der Waals surface area (Å²) in [5.41, 5.74) is 7.19. The van der Waals surface area contributed by atoms with Gasteiger partial charge in [-0.1, -0.05) is 13.8 Å². The third-order valence-electron chi connectivity index (χ3n) is 2.63. The van der Waals surface area contributed by atoms with Crippen LogP contribution in [0.2, 0.25) is 0 Å². The number of hydrogen-bond acceptors (Lipinski definition) is 3. The molecule has 0 heterocycles. The molecule has 0 aliphatic rings. The second-order valence-electron chi connectivity index (χ2n) is 4.03. The number of methoxy groups -OCH3 is 1. The molecular weight excluding hydrogens is 219 g/mol. The van der Waals surface area contributed by atoms with Gasteiger partial charge in [-0.25, -0.2) is 4.39 Å². The number of nitrogens with zero attached hydrogens (tertiary/aromatic N) is 1. The summed E-state index contributed by atoms with van der Waals surface area (Å²) in [6.45, 7) is 6.04. The highest BCUT2D eigenvalue weighted by molar-refractivity contribution is 5.70. The van der Waals surface area contributed by atoms with Crippen molar-refractivity contribution < 1.29 is 9.13 Å². The van der Waals surface area contributed by atoms with E-state index >= 15 is 0 Å². The predicted molar refractivity (Wildman–Crippen MR) is 70.2 cm³/mol. The number of benzene rings is 1. The van der Waals surface area contributed by atoms with Crippen LogP contribution in [0.25, 0.3) is 0 Å². The Morgan fingerprint density at radius 3 is 2.29 bits per heavy atom. The summed E-state index contributed by atoms with van der Waals surface area (Å²) >= 11 is 0. The molecule has 0 unspecified atom stereocenters. The first-order valence-electron chi connectivity index (χ1n) is 6.02. The van der Waals surface area contributed by atoms with E-state index in [2.05, 4.69) is 18.7 Å². The molecule has 0 fully saturated rings. The number of ether oxygens (including phenoxy) is 1. The van der Waals surface area contributed by atoms with Crippen molar-refractivity contribution in [1.29, 1.82) is 0 Å². The van der Waals surface area contributed by atoms with Gasteiger partial charge >= 0.3 is 0 Å². The van der Waals surface area contributed by atoms with E-state index in [1.165, 1.54) is 13.2 Å². The van der Waals surface area contributed by atoms with Crippen LogP contribution in [0, 0.1) is 5.82 Å². The highest BCUT2D eigenvalue weighted by Gasteiger charge is 2.13.